The van der Waals surface area contributed by atoms with Crippen LogP contribution < -0.4 is 9.88 Å². The molecule has 0 aliphatic heterocycles. The van der Waals surface area contributed by atoms with Gasteiger partial charge in [-0.05, 0) is 30.3 Å². The first-order valence-corrected chi connectivity index (χ1v) is 10.4. The van der Waals surface area contributed by atoms with Crippen molar-refractivity contribution in [2.45, 2.75) is 9.72 Å². The van der Waals surface area contributed by atoms with Gasteiger partial charge in [0.05, 0.1) is 12.0 Å². The Kier molecular flexibility index (Phi) is 5.73. The fraction of sp³-hybridized carbons (Fsp3) is 0.111. The van der Waals surface area contributed by atoms with Gasteiger partial charge in [0.15, 0.2) is 22.2 Å². The van der Waals surface area contributed by atoms with Crippen molar-refractivity contribution in [2.24, 2.45) is 5.14 Å². The number of primary sulfonamides is 1. The van der Waals surface area contributed by atoms with Crippen LogP contribution in [0.5, 0.6) is 5.75 Å². The van der Waals surface area contributed by atoms with Crippen LogP contribution in [0.25, 0.3) is 22.6 Å². The minimum absolute atomic E-state index is 0.0245. The third-order valence-corrected chi connectivity index (χ3v) is 5.66. The van der Waals surface area contributed by atoms with Gasteiger partial charge in [0.25, 0.3) is 0 Å². The zero-order valence-corrected chi connectivity index (χ0v) is 17.2. The Labute approximate surface area is 173 Å². The minimum atomic E-state index is -3.89. The molecule has 3 N–H and O–H groups in total. The SMILES string of the molecule is COc1ccc(-c2oc(C(Br)C(=O)O)nc2-c2ccc(S(N)(=O)=O)cc2)cc1F. The number of alkyl halides is 1. The lowest BCUT2D eigenvalue weighted by molar-refractivity contribution is -0.136. The lowest BCUT2D eigenvalue weighted by atomic mass is 10.1. The molecule has 1 unspecified atom stereocenters. The van der Waals surface area contributed by atoms with Gasteiger partial charge >= 0.3 is 5.97 Å². The number of nitrogens with zero attached hydrogens (tertiary/aromatic N) is 1. The van der Waals surface area contributed by atoms with Gasteiger partial charge in [-0.2, -0.15) is 0 Å². The Morgan fingerprint density at radius 3 is 2.38 bits per heavy atom. The van der Waals surface area contributed by atoms with E-state index in [0.29, 0.717) is 5.56 Å². The van der Waals surface area contributed by atoms with Gasteiger partial charge in [-0.1, -0.05) is 28.1 Å². The average Bonchev–Trinajstić information content (AvgIpc) is 3.12. The van der Waals surface area contributed by atoms with E-state index in [2.05, 4.69) is 20.9 Å². The van der Waals surface area contributed by atoms with Gasteiger partial charge in [0.1, 0.15) is 5.69 Å². The molecule has 0 bridgehead atoms. The topological polar surface area (TPSA) is 133 Å². The molecular formula is C18H14BrFN2O6S. The monoisotopic (exact) mass is 484 g/mol. The number of aliphatic carboxylic acids is 1. The van der Waals surface area contributed by atoms with Crippen LogP contribution in [0.1, 0.15) is 10.7 Å². The Morgan fingerprint density at radius 1 is 1.24 bits per heavy atom. The summed E-state index contributed by atoms with van der Waals surface area (Å²) in [6.45, 7) is 0. The summed E-state index contributed by atoms with van der Waals surface area (Å²) in [4.78, 5) is 14.2. The van der Waals surface area contributed by atoms with Crippen LogP contribution in [0.2, 0.25) is 0 Å². The third kappa shape index (κ3) is 4.31. The summed E-state index contributed by atoms with van der Waals surface area (Å²) in [7, 11) is -2.56. The third-order valence-electron chi connectivity index (χ3n) is 3.95. The van der Waals surface area contributed by atoms with E-state index in [-0.39, 0.29) is 33.6 Å². The van der Waals surface area contributed by atoms with Crippen molar-refractivity contribution in [2.75, 3.05) is 7.11 Å². The van der Waals surface area contributed by atoms with E-state index in [0.717, 1.165) is 6.07 Å². The smallest absolute Gasteiger partial charge is 0.326 e. The predicted molar refractivity (Wildman–Crippen MR) is 105 cm³/mol. The van der Waals surface area contributed by atoms with Crippen LogP contribution >= 0.6 is 15.9 Å². The summed E-state index contributed by atoms with van der Waals surface area (Å²) in [5, 5.41) is 14.3. The quantitative estimate of drug-likeness (QED) is 0.512. The first-order chi connectivity index (χ1) is 13.6. The number of nitrogens with two attached hydrogens (primary N) is 1. The number of aromatic nitrogens is 1. The molecule has 8 nitrogen and oxygen atoms in total. The molecule has 152 valence electrons. The minimum Gasteiger partial charge on any atom is -0.494 e. The van der Waals surface area contributed by atoms with Gasteiger partial charge in [-0.25, -0.2) is 22.9 Å². The molecule has 1 heterocycles. The van der Waals surface area contributed by atoms with Crippen molar-refractivity contribution < 1.29 is 31.9 Å². The van der Waals surface area contributed by atoms with Gasteiger partial charge < -0.3 is 14.3 Å². The molecule has 1 atom stereocenters. The summed E-state index contributed by atoms with van der Waals surface area (Å²) in [6.07, 6.45) is 0. The largest absolute Gasteiger partial charge is 0.494 e. The lowest BCUT2D eigenvalue weighted by Gasteiger charge is -2.05. The van der Waals surface area contributed by atoms with Gasteiger partial charge in [0, 0.05) is 11.1 Å². The number of benzene rings is 2. The van der Waals surface area contributed by atoms with E-state index in [1.54, 1.807) is 0 Å². The number of carboxylic acids is 1. The zero-order valence-electron chi connectivity index (χ0n) is 14.8. The van der Waals surface area contributed by atoms with E-state index < -0.39 is 26.6 Å². The number of hydrogen-bond acceptors (Lipinski definition) is 6. The van der Waals surface area contributed by atoms with E-state index >= 15 is 0 Å². The van der Waals surface area contributed by atoms with E-state index in [4.69, 9.17) is 14.3 Å². The van der Waals surface area contributed by atoms with Crippen molar-refractivity contribution in [3.63, 3.8) is 0 Å². The number of carbonyl (C=O) groups is 1. The average molecular weight is 485 g/mol. The standard InChI is InChI=1S/C18H14BrFN2O6S/c1-27-13-7-4-10(8-12(13)20)16-15(22-17(28-16)14(19)18(23)24)9-2-5-11(6-3-9)29(21,25)26/h2-8,14H,1H3,(H,23,24)(H2,21,25,26). The molecule has 29 heavy (non-hydrogen) atoms. The molecular weight excluding hydrogens is 471 g/mol. The first-order valence-electron chi connectivity index (χ1n) is 7.96. The molecule has 0 spiro atoms. The Hall–Kier alpha value is -2.76. The highest BCUT2D eigenvalue weighted by molar-refractivity contribution is 9.09. The van der Waals surface area contributed by atoms with E-state index in [9.17, 15) is 22.7 Å². The molecule has 0 saturated carbocycles. The number of sulfonamides is 1. The van der Waals surface area contributed by atoms with Gasteiger partial charge in [0.2, 0.25) is 15.9 Å². The van der Waals surface area contributed by atoms with Crippen molar-refractivity contribution in [3.8, 4) is 28.3 Å². The number of carboxylic acid groups (broad SMARTS) is 1. The number of methoxy groups -OCH3 is 1. The maximum Gasteiger partial charge on any atom is 0.326 e. The van der Waals surface area contributed by atoms with Crippen LogP contribution in [0, 0.1) is 5.82 Å². The summed E-state index contributed by atoms with van der Waals surface area (Å²) in [5.74, 6) is -1.90. The molecule has 3 aromatic rings. The number of oxazole rings is 1. The maximum atomic E-state index is 14.2. The second-order valence-electron chi connectivity index (χ2n) is 5.85. The zero-order chi connectivity index (χ0) is 21.3. The summed E-state index contributed by atoms with van der Waals surface area (Å²) < 4.78 is 47.6. The highest BCUT2D eigenvalue weighted by Gasteiger charge is 2.26. The lowest BCUT2D eigenvalue weighted by Crippen LogP contribution is -2.11. The number of rotatable bonds is 6. The number of ether oxygens (including phenoxy) is 1. The first kappa shape index (κ1) is 21.0. The normalized spacial score (nSPS) is 12.6. The summed E-state index contributed by atoms with van der Waals surface area (Å²) >= 11 is 2.97. The molecule has 11 heteroatoms. The molecule has 0 saturated heterocycles. The summed E-state index contributed by atoms with van der Waals surface area (Å²) in [6, 6.07) is 9.52. The molecule has 0 radical (unpaired) electrons. The van der Waals surface area contributed by atoms with Crippen LogP contribution in [0.4, 0.5) is 4.39 Å². The molecule has 0 aliphatic rings. The Morgan fingerprint density at radius 2 is 1.86 bits per heavy atom. The maximum absolute atomic E-state index is 14.2. The van der Waals surface area contributed by atoms with Crippen molar-refractivity contribution >= 4 is 31.9 Å². The van der Waals surface area contributed by atoms with Crippen molar-refractivity contribution in [1.82, 2.24) is 4.98 Å². The van der Waals surface area contributed by atoms with Crippen molar-refractivity contribution in [1.29, 1.82) is 0 Å². The molecule has 0 fully saturated rings. The summed E-state index contributed by atoms with van der Waals surface area (Å²) in [5.41, 5.74) is 0.914. The van der Waals surface area contributed by atoms with Crippen LogP contribution in [-0.4, -0.2) is 31.6 Å². The number of hydrogen-bond donors (Lipinski definition) is 2. The van der Waals surface area contributed by atoms with Gasteiger partial charge in [-0.3, -0.25) is 4.79 Å². The molecule has 3 rings (SSSR count). The molecule has 0 amide bonds. The van der Waals surface area contributed by atoms with Crippen LogP contribution in [-0.2, 0) is 14.8 Å². The molecule has 1 aromatic heterocycles. The number of halogens is 2. The fourth-order valence-corrected chi connectivity index (χ4v) is 3.26. The highest BCUT2D eigenvalue weighted by Crippen LogP contribution is 2.37. The molecule has 0 aliphatic carbocycles. The van der Waals surface area contributed by atoms with E-state index in [1.165, 1.54) is 43.5 Å². The fourth-order valence-electron chi connectivity index (χ4n) is 2.55. The highest BCUT2D eigenvalue weighted by atomic mass is 79.9. The molecule has 2 aromatic carbocycles. The Balaban J connectivity index is 2.17. The van der Waals surface area contributed by atoms with E-state index in [1.807, 2.05) is 0 Å². The second-order valence-corrected chi connectivity index (χ2v) is 8.33. The van der Waals surface area contributed by atoms with Gasteiger partial charge in [-0.15, -0.1) is 0 Å². The Bertz CT molecular complexity index is 1180. The predicted octanol–water partition coefficient (Wildman–Crippen LogP) is 3.32. The van der Waals surface area contributed by atoms with Crippen LogP contribution in [0.3, 0.4) is 0 Å². The van der Waals surface area contributed by atoms with Crippen LogP contribution in [0.15, 0.2) is 51.8 Å². The van der Waals surface area contributed by atoms with Crippen molar-refractivity contribution in [3.05, 3.63) is 54.2 Å². The second kappa shape index (κ2) is 7.93.